The van der Waals surface area contributed by atoms with Crippen molar-refractivity contribution in [2.45, 2.75) is 19.8 Å². The molecule has 110 valence electrons. The summed E-state index contributed by atoms with van der Waals surface area (Å²) < 4.78 is 10.7. The summed E-state index contributed by atoms with van der Waals surface area (Å²) in [5.74, 6) is 1.85. The zero-order valence-electron chi connectivity index (χ0n) is 12.6. The first-order valence-electron chi connectivity index (χ1n) is 7.00. The third-order valence-electron chi connectivity index (χ3n) is 3.31. The molecule has 0 unspecified atom stereocenters. The van der Waals surface area contributed by atoms with Crippen molar-refractivity contribution >= 4 is 5.78 Å². The summed E-state index contributed by atoms with van der Waals surface area (Å²) in [7, 11) is 1.60. The maximum atomic E-state index is 12.1. The van der Waals surface area contributed by atoms with E-state index in [1.54, 1.807) is 31.4 Å². The summed E-state index contributed by atoms with van der Waals surface area (Å²) in [5.41, 5.74) is 1.82. The van der Waals surface area contributed by atoms with E-state index >= 15 is 0 Å². The fourth-order valence-corrected chi connectivity index (χ4v) is 1.97. The van der Waals surface area contributed by atoms with Gasteiger partial charge >= 0.3 is 0 Å². The second kappa shape index (κ2) is 6.93. The van der Waals surface area contributed by atoms with E-state index in [1.165, 1.54) is 5.56 Å². The Hall–Kier alpha value is -2.29. The Morgan fingerprint density at radius 2 is 1.76 bits per heavy atom. The predicted molar refractivity (Wildman–Crippen MR) is 83.4 cm³/mol. The van der Waals surface area contributed by atoms with Crippen molar-refractivity contribution < 1.29 is 14.3 Å². The Morgan fingerprint density at radius 1 is 1.05 bits per heavy atom. The summed E-state index contributed by atoms with van der Waals surface area (Å²) in [6, 6.07) is 14.9. The first-order valence-corrected chi connectivity index (χ1v) is 7.00. The minimum atomic E-state index is -0.0485. The number of benzene rings is 2. The average molecular weight is 284 g/mol. The van der Waals surface area contributed by atoms with Crippen molar-refractivity contribution in [3.05, 3.63) is 59.7 Å². The molecule has 0 aliphatic rings. The fourth-order valence-electron chi connectivity index (χ4n) is 1.97. The second-order valence-electron chi connectivity index (χ2n) is 5.17. The van der Waals surface area contributed by atoms with Crippen molar-refractivity contribution in [3.8, 4) is 11.5 Å². The predicted octanol–water partition coefficient (Wildman–Crippen LogP) is 4.08. The molecule has 0 aliphatic carbocycles. The molecule has 0 amide bonds. The molecular formula is C18H20O3. The van der Waals surface area contributed by atoms with E-state index in [-0.39, 0.29) is 12.4 Å². The number of hydrogen-bond acceptors (Lipinski definition) is 3. The molecule has 0 saturated heterocycles. The Morgan fingerprint density at radius 3 is 2.38 bits per heavy atom. The van der Waals surface area contributed by atoms with Gasteiger partial charge in [-0.15, -0.1) is 0 Å². The van der Waals surface area contributed by atoms with Crippen LogP contribution in [-0.2, 0) is 0 Å². The van der Waals surface area contributed by atoms with Gasteiger partial charge in [0, 0.05) is 5.56 Å². The van der Waals surface area contributed by atoms with Gasteiger partial charge in [0.15, 0.2) is 12.4 Å². The van der Waals surface area contributed by atoms with Gasteiger partial charge in [-0.3, -0.25) is 4.79 Å². The minimum absolute atomic E-state index is 0.0356. The maximum absolute atomic E-state index is 12.1. The molecule has 0 spiro atoms. The summed E-state index contributed by atoms with van der Waals surface area (Å²) in [6.07, 6.45) is 0. The summed E-state index contributed by atoms with van der Waals surface area (Å²) in [5, 5.41) is 0. The van der Waals surface area contributed by atoms with Crippen molar-refractivity contribution in [3.63, 3.8) is 0 Å². The van der Waals surface area contributed by atoms with Crippen molar-refractivity contribution in [2.75, 3.05) is 13.7 Å². The van der Waals surface area contributed by atoms with Crippen molar-refractivity contribution in [1.29, 1.82) is 0 Å². The molecule has 0 saturated carbocycles. The number of ketones is 1. The molecule has 3 heteroatoms. The Labute approximate surface area is 125 Å². The monoisotopic (exact) mass is 284 g/mol. The second-order valence-corrected chi connectivity index (χ2v) is 5.17. The lowest BCUT2D eigenvalue weighted by Crippen LogP contribution is -2.11. The first-order chi connectivity index (χ1) is 10.1. The van der Waals surface area contributed by atoms with Crippen LogP contribution in [0.1, 0.15) is 35.7 Å². The zero-order valence-corrected chi connectivity index (χ0v) is 12.6. The fraction of sp³-hybridized carbons (Fsp3) is 0.278. The topological polar surface area (TPSA) is 35.5 Å². The van der Waals surface area contributed by atoms with Gasteiger partial charge in [-0.05, 0) is 47.9 Å². The molecule has 3 nitrogen and oxygen atoms in total. The zero-order chi connectivity index (χ0) is 15.2. The Bertz CT molecular complexity index is 600. The molecule has 0 heterocycles. The average Bonchev–Trinajstić information content (AvgIpc) is 2.53. The quantitative estimate of drug-likeness (QED) is 0.750. The van der Waals surface area contributed by atoms with Gasteiger partial charge in [0.1, 0.15) is 11.5 Å². The van der Waals surface area contributed by atoms with E-state index in [9.17, 15) is 4.79 Å². The minimum Gasteiger partial charge on any atom is -0.497 e. The molecule has 0 radical (unpaired) electrons. The standard InChI is InChI=1S/C18H20O3/c1-13(2)15-5-4-6-17(11-15)21-12-18(19)14-7-9-16(20-3)10-8-14/h4-11,13H,12H2,1-3H3. The van der Waals surface area contributed by atoms with Gasteiger partial charge in [0.05, 0.1) is 7.11 Å². The smallest absolute Gasteiger partial charge is 0.200 e. The molecule has 0 N–H and O–H groups in total. The van der Waals surface area contributed by atoms with E-state index in [0.717, 1.165) is 11.5 Å². The van der Waals surface area contributed by atoms with Gasteiger partial charge in [-0.1, -0.05) is 26.0 Å². The lowest BCUT2D eigenvalue weighted by Gasteiger charge is -2.09. The van der Waals surface area contributed by atoms with Gasteiger partial charge in [-0.2, -0.15) is 0 Å². The number of rotatable bonds is 6. The van der Waals surface area contributed by atoms with Crippen LogP contribution in [0.15, 0.2) is 48.5 Å². The Balaban J connectivity index is 1.98. The first kappa shape index (κ1) is 15.1. The van der Waals surface area contributed by atoms with E-state index in [2.05, 4.69) is 19.9 Å². The number of carbonyl (C=O) groups excluding carboxylic acids is 1. The molecule has 0 aromatic heterocycles. The van der Waals surface area contributed by atoms with Crippen LogP contribution < -0.4 is 9.47 Å². The Kier molecular flexibility index (Phi) is 4.99. The number of ether oxygens (including phenoxy) is 2. The van der Waals surface area contributed by atoms with Crippen LogP contribution in [0.2, 0.25) is 0 Å². The third kappa shape index (κ3) is 4.09. The molecule has 0 aliphatic heterocycles. The largest absolute Gasteiger partial charge is 0.497 e. The molecule has 2 rings (SSSR count). The number of Topliss-reactive ketones (excluding diaryl/α,β-unsaturated/α-hetero) is 1. The van der Waals surface area contributed by atoms with Crippen LogP contribution in [-0.4, -0.2) is 19.5 Å². The molecule has 21 heavy (non-hydrogen) atoms. The van der Waals surface area contributed by atoms with Crippen LogP contribution >= 0.6 is 0 Å². The van der Waals surface area contributed by atoms with E-state index in [4.69, 9.17) is 9.47 Å². The normalized spacial score (nSPS) is 10.5. The maximum Gasteiger partial charge on any atom is 0.200 e. The number of hydrogen-bond donors (Lipinski definition) is 0. The lowest BCUT2D eigenvalue weighted by atomic mass is 10.0. The van der Waals surface area contributed by atoms with Crippen LogP contribution in [0.5, 0.6) is 11.5 Å². The lowest BCUT2D eigenvalue weighted by molar-refractivity contribution is 0.0921. The van der Waals surface area contributed by atoms with E-state index < -0.39 is 0 Å². The van der Waals surface area contributed by atoms with Crippen LogP contribution in [0, 0.1) is 0 Å². The summed E-state index contributed by atoms with van der Waals surface area (Å²) in [6.45, 7) is 4.29. The van der Waals surface area contributed by atoms with E-state index in [0.29, 0.717) is 11.5 Å². The highest BCUT2D eigenvalue weighted by molar-refractivity contribution is 5.97. The third-order valence-corrected chi connectivity index (χ3v) is 3.31. The van der Waals surface area contributed by atoms with Gasteiger partial charge in [-0.25, -0.2) is 0 Å². The summed E-state index contributed by atoms with van der Waals surface area (Å²) >= 11 is 0. The number of methoxy groups -OCH3 is 1. The van der Waals surface area contributed by atoms with Crippen LogP contribution in [0.25, 0.3) is 0 Å². The van der Waals surface area contributed by atoms with Gasteiger partial charge in [0.2, 0.25) is 0 Å². The molecule has 2 aromatic rings. The SMILES string of the molecule is COc1ccc(C(=O)COc2cccc(C(C)C)c2)cc1. The van der Waals surface area contributed by atoms with Crippen molar-refractivity contribution in [1.82, 2.24) is 0 Å². The molecule has 0 fully saturated rings. The molecule has 0 atom stereocenters. The summed E-state index contributed by atoms with van der Waals surface area (Å²) in [4.78, 5) is 12.1. The highest BCUT2D eigenvalue weighted by Gasteiger charge is 2.08. The highest BCUT2D eigenvalue weighted by atomic mass is 16.5. The molecule has 2 aromatic carbocycles. The number of carbonyl (C=O) groups is 1. The highest BCUT2D eigenvalue weighted by Crippen LogP contribution is 2.20. The molecule has 0 bridgehead atoms. The van der Waals surface area contributed by atoms with E-state index in [1.807, 2.05) is 18.2 Å². The van der Waals surface area contributed by atoms with Crippen LogP contribution in [0.4, 0.5) is 0 Å². The van der Waals surface area contributed by atoms with Crippen LogP contribution in [0.3, 0.4) is 0 Å². The van der Waals surface area contributed by atoms with Crippen molar-refractivity contribution in [2.24, 2.45) is 0 Å². The van der Waals surface area contributed by atoms with Gasteiger partial charge < -0.3 is 9.47 Å². The molecular weight excluding hydrogens is 264 g/mol. The van der Waals surface area contributed by atoms with Gasteiger partial charge in [0.25, 0.3) is 0 Å².